The van der Waals surface area contributed by atoms with Crippen LogP contribution in [0.3, 0.4) is 0 Å². The van der Waals surface area contributed by atoms with Crippen LogP contribution < -0.4 is 0 Å². The van der Waals surface area contributed by atoms with Gasteiger partial charge in [-0.05, 0) is 12.8 Å². The number of hydrogen-bond donors (Lipinski definition) is 0. The van der Waals surface area contributed by atoms with Gasteiger partial charge in [-0.15, -0.1) is 22.9 Å². The van der Waals surface area contributed by atoms with Crippen molar-refractivity contribution in [3.63, 3.8) is 0 Å². The number of rotatable bonds is 8. The minimum atomic E-state index is 0.152. The number of thiazole rings is 1. The molecule has 1 atom stereocenters. The first-order chi connectivity index (χ1) is 7.81. The van der Waals surface area contributed by atoms with E-state index in [0.29, 0.717) is 5.88 Å². The van der Waals surface area contributed by atoms with Crippen LogP contribution >= 0.6 is 22.9 Å². The minimum absolute atomic E-state index is 0.152. The van der Waals surface area contributed by atoms with Gasteiger partial charge in [0.1, 0.15) is 11.1 Å². The Bertz CT molecular complexity index is 290. The maximum absolute atomic E-state index is 5.84. The second-order valence-electron chi connectivity index (χ2n) is 3.79. The average Bonchev–Trinajstić information content (AvgIpc) is 2.78. The summed E-state index contributed by atoms with van der Waals surface area (Å²) in [6, 6.07) is 0. The molecule has 0 fully saturated rings. The van der Waals surface area contributed by atoms with Crippen molar-refractivity contribution in [1.82, 2.24) is 4.98 Å². The van der Waals surface area contributed by atoms with Gasteiger partial charge < -0.3 is 4.74 Å². The molecule has 0 aliphatic rings. The Morgan fingerprint density at radius 1 is 1.44 bits per heavy atom. The summed E-state index contributed by atoms with van der Waals surface area (Å²) in [4.78, 5) is 4.46. The highest BCUT2D eigenvalue weighted by molar-refractivity contribution is 7.09. The maximum atomic E-state index is 5.84. The van der Waals surface area contributed by atoms with Crippen molar-refractivity contribution in [1.29, 1.82) is 0 Å². The molecule has 0 radical (unpaired) electrons. The van der Waals surface area contributed by atoms with Crippen LogP contribution in [0.4, 0.5) is 0 Å². The Kier molecular flexibility index (Phi) is 7.01. The topological polar surface area (TPSA) is 22.1 Å². The standard InChI is InChI=1S/C12H20ClNOS/c1-3-5-6-7-15-11(4-2)12-14-10(8-13)9-16-12/h9,11H,3-8H2,1-2H3. The lowest BCUT2D eigenvalue weighted by Gasteiger charge is -2.13. The molecule has 4 heteroatoms. The zero-order valence-electron chi connectivity index (χ0n) is 10.0. The second kappa shape index (κ2) is 8.04. The SMILES string of the molecule is CCCCCOC(CC)c1nc(CCl)cs1. The normalized spacial score (nSPS) is 12.9. The van der Waals surface area contributed by atoms with Crippen molar-refractivity contribution in [2.45, 2.75) is 51.5 Å². The molecule has 0 saturated carbocycles. The van der Waals surface area contributed by atoms with Gasteiger partial charge in [0.15, 0.2) is 0 Å². The molecular weight excluding hydrogens is 242 g/mol. The van der Waals surface area contributed by atoms with Gasteiger partial charge in [0.05, 0.1) is 11.6 Å². The first-order valence-electron chi connectivity index (χ1n) is 5.93. The molecule has 0 aliphatic heterocycles. The third-order valence-electron chi connectivity index (χ3n) is 2.42. The predicted octanol–water partition coefficient (Wildman–Crippen LogP) is 4.54. The largest absolute Gasteiger partial charge is 0.371 e. The van der Waals surface area contributed by atoms with Crippen molar-refractivity contribution in [2.75, 3.05) is 6.61 Å². The molecule has 16 heavy (non-hydrogen) atoms. The second-order valence-corrected chi connectivity index (χ2v) is 4.94. The van der Waals surface area contributed by atoms with Crippen LogP contribution in [0.25, 0.3) is 0 Å². The predicted molar refractivity (Wildman–Crippen MR) is 70.2 cm³/mol. The minimum Gasteiger partial charge on any atom is -0.371 e. The Morgan fingerprint density at radius 2 is 2.25 bits per heavy atom. The van der Waals surface area contributed by atoms with Crippen molar-refractivity contribution < 1.29 is 4.74 Å². The van der Waals surface area contributed by atoms with E-state index < -0.39 is 0 Å². The molecule has 1 aromatic rings. The summed E-state index contributed by atoms with van der Waals surface area (Å²) in [6.07, 6.45) is 4.73. The number of ether oxygens (including phenoxy) is 1. The molecule has 0 saturated heterocycles. The molecule has 0 amide bonds. The average molecular weight is 262 g/mol. The zero-order chi connectivity index (χ0) is 11.8. The van der Waals surface area contributed by atoms with Gasteiger partial charge in [0, 0.05) is 12.0 Å². The highest BCUT2D eigenvalue weighted by Crippen LogP contribution is 2.25. The Labute approximate surface area is 107 Å². The fourth-order valence-electron chi connectivity index (χ4n) is 1.47. The van der Waals surface area contributed by atoms with Gasteiger partial charge >= 0.3 is 0 Å². The van der Waals surface area contributed by atoms with Crippen LogP contribution in [-0.4, -0.2) is 11.6 Å². The van der Waals surface area contributed by atoms with E-state index in [1.807, 2.05) is 5.38 Å². The van der Waals surface area contributed by atoms with Crippen LogP contribution in [-0.2, 0) is 10.6 Å². The van der Waals surface area contributed by atoms with E-state index >= 15 is 0 Å². The first kappa shape index (κ1) is 13.9. The Morgan fingerprint density at radius 3 is 2.81 bits per heavy atom. The van der Waals surface area contributed by atoms with E-state index in [1.54, 1.807) is 11.3 Å². The molecule has 0 aromatic carbocycles. The third-order valence-corrected chi connectivity index (χ3v) is 3.68. The van der Waals surface area contributed by atoms with Gasteiger partial charge in [-0.25, -0.2) is 4.98 Å². The maximum Gasteiger partial charge on any atom is 0.122 e. The first-order valence-corrected chi connectivity index (χ1v) is 7.35. The summed E-state index contributed by atoms with van der Waals surface area (Å²) in [7, 11) is 0. The van der Waals surface area contributed by atoms with Crippen LogP contribution in [0.2, 0.25) is 0 Å². The molecule has 2 nitrogen and oxygen atoms in total. The summed E-state index contributed by atoms with van der Waals surface area (Å²) in [5, 5.41) is 3.08. The molecular formula is C12H20ClNOS. The number of alkyl halides is 1. The lowest BCUT2D eigenvalue weighted by molar-refractivity contribution is 0.0472. The number of unbranched alkanes of at least 4 members (excludes halogenated alkanes) is 2. The van der Waals surface area contributed by atoms with Crippen molar-refractivity contribution in [3.05, 3.63) is 16.1 Å². The van der Waals surface area contributed by atoms with E-state index in [1.165, 1.54) is 12.8 Å². The highest BCUT2D eigenvalue weighted by Gasteiger charge is 2.13. The zero-order valence-corrected chi connectivity index (χ0v) is 11.6. The third kappa shape index (κ3) is 4.40. The smallest absolute Gasteiger partial charge is 0.122 e. The van der Waals surface area contributed by atoms with Gasteiger partial charge in [-0.3, -0.25) is 0 Å². The fourth-order valence-corrected chi connectivity index (χ4v) is 2.65. The summed E-state index contributed by atoms with van der Waals surface area (Å²) in [5.41, 5.74) is 0.956. The summed E-state index contributed by atoms with van der Waals surface area (Å²) in [6.45, 7) is 5.17. The lowest BCUT2D eigenvalue weighted by Crippen LogP contribution is -2.04. The molecule has 1 heterocycles. The highest BCUT2D eigenvalue weighted by atomic mass is 35.5. The van der Waals surface area contributed by atoms with Gasteiger partial charge in [0.2, 0.25) is 0 Å². The van der Waals surface area contributed by atoms with Crippen LogP contribution in [0, 0.1) is 0 Å². The molecule has 0 bridgehead atoms. The number of hydrogen-bond acceptors (Lipinski definition) is 3. The van der Waals surface area contributed by atoms with E-state index in [9.17, 15) is 0 Å². The van der Waals surface area contributed by atoms with Crippen LogP contribution in [0.1, 0.15) is 56.3 Å². The number of aromatic nitrogens is 1. The van der Waals surface area contributed by atoms with Crippen molar-refractivity contribution >= 4 is 22.9 Å². The molecule has 1 rings (SSSR count). The monoisotopic (exact) mass is 261 g/mol. The van der Waals surface area contributed by atoms with E-state index in [4.69, 9.17) is 16.3 Å². The quantitative estimate of drug-likeness (QED) is 0.506. The van der Waals surface area contributed by atoms with Crippen molar-refractivity contribution in [2.24, 2.45) is 0 Å². The van der Waals surface area contributed by atoms with Crippen molar-refractivity contribution in [3.8, 4) is 0 Å². The van der Waals surface area contributed by atoms with Gasteiger partial charge in [-0.1, -0.05) is 26.7 Å². The number of halogens is 1. The molecule has 1 aromatic heterocycles. The van der Waals surface area contributed by atoms with Gasteiger partial charge in [-0.2, -0.15) is 0 Å². The molecule has 1 unspecified atom stereocenters. The number of nitrogens with zero attached hydrogens (tertiary/aromatic N) is 1. The summed E-state index contributed by atoms with van der Waals surface area (Å²) < 4.78 is 5.84. The fraction of sp³-hybridized carbons (Fsp3) is 0.750. The molecule has 0 N–H and O–H groups in total. The Balaban J connectivity index is 2.40. The summed E-state index contributed by atoms with van der Waals surface area (Å²) in [5.74, 6) is 0.489. The van der Waals surface area contributed by atoms with E-state index in [-0.39, 0.29) is 6.10 Å². The van der Waals surface area contributed by atoms with E-state index in [2.05, 4.69) is 18.8 Å². The molecule has 0 aliphatic carbocycles. The summed E-state index contributed by atoms with van der Waals surface area (Å²) >= 11 is 7.39. The molecule has 0 spiro atoms. The van der Waals surface area contributed by atoms with Crippen LogP contribution in [0.15, 0.2) is 5.38 Å². The Hall–Kier alpha value is -0.120. The van der Waals surface area contributed by atoms with Crippen LogP contribution in [0.5, 0.6) is 0 Å². The molecule has 92 valence electrons. The van der Waals surface area contributed by atoms with Gasteiger partial charge in [0.25, 0.3) is 0 Å². The lowest BCUT2D eigenvalue weighted by atomic mass is 10.2. The van der Waals surface area contributed by atoms with E-state index in [0.717, 1.165) is 30.2 Å².